The summed E-state index contributed by atoms with van der Waals surface area (Å²) in [7, 11) is 0. The van der Waals surface area contributed by atoms with E-state index in [1.165, 1.54) is 32.1 Å². The summed E-state index contributed by atoms with van der Waals surface area (Å²) in [6.07, 6.45) is 11.1. The van der Waals surface area contributed by atoms with Gasteiger partial charge in [0.15, 0.2) is 11.6 Å². The molecular formula is C15H21N5O. The Balaban J connectivity index is 1.71. The summed E-state index contributed by atoms with van der Waals surface area (Å²) in [5.41, 5.74) is 1.03. The molecule has 6 heteroatoms. The van der Waals surface area contributed by atoms with Gasteiger partial charge < -0.3 is 4.74 Å². The van der Waals surface area contributed by atoms with Crippen LogP contribution >= 0.6 is 0 Å². The lowest BCUT2D eigenvalue weighted by Crippen LogP contribution is -2.15. The number of hydrogen-bond donors (Lipinski definition) is 1. The third kappa shape index (κ3) is 2.48. The molecule has 0 bridgehead atoms. The molecule has 112 valence electrons. The van der Waals surface area contributed by atoms with Gasteiger partial charge in [0.2, 0.25) is 0 Å². The molecular weight excluding hydrogens is 266 g/mol. The van der Waals surface area contributed by atoms with Crippen LogP contribution in [0, 0.1) is 0 Å². The predicted octanol–water partition coefficient (Wildman–Crippen LogP) is 2.68. The number of nitrogens with zero attached hydrogens (tertiary/aromatic N) is 4. The Morgan fingerprint density at radius 2 is 2.10 bits per heavy atom. The van der Waals surface area contributed by atoms with Gasteiger partial charge in [0.05, 0.1) is 24.4 Å². The molecule has 1 N–H and O–H groups in total. The monoisotopic (exact) mass is 287 g/mol. The fraction of sp³-hybridized carbons (Fsp3) is 0.667. The SMILES string of the molecule is c1n[nH]cc1-c1nc([C@H]2CCOC2)nn1C1CCCCC1. The first-order chi connectivity index (χ1) is 10.4. The quantitative estimate of drug-likeness (QED) is 0.942. The van der Waals surface area contributed by atoms with E-state index in [9.17, 15) is 0 Å². The molecule has 1 atom stereocenters. The number of hydrogen-bond acceptors (Lipinski definition) is 4. The average molecular weight is 287 g/mol. The number of ether oxygens (including phenoxy) is 1. The van der Waals surface area contributed by atoms with Crippen molar-refractivity contribution in [1.29, 1.82) is 0 Å². The number of aromatic amines is 1. The van der Waals surface area contributed by atoms with Gasteiger partial charge in [-0.15, -0.1) is 0 Å². The summed E-state index contributed by atoms with van der Waals surface area (Å²) in [5.74, 6) is 2.24. The number of H-pyrrole nitrogens is 1. The average Bonchev–Trinajstić information content (AvgIpc) is 3.27. The highest BCUT2D eigenvalue weighted by atomic mass is 16.5. The van der Waals surface area contributed by atoms with Crippen molar-refractivity contribution >= 4 is 0 Å². The summed E-state index contributed by atoms with van der Waals surface area (Å²) in [6.45, 7) is 1.57. The van der Waals surface area contributed by atoms with Crippen molar-refractivity contribution < 1.29 is 4.74 Å². The summed E-state index contributed by atoms with van der Waals surface area (Å²) >= 11 is 0. The zero-order chi connectivity index (χ0) is 14.1. The Hall–Kier alpha value is -1.69. The standard InChI is InChI=1S/C15H21N5O/c1-2-4-13(5-3-1)20-15(12-8-16-17-9-12)18-14(19-20)11-6-7-21-10-11/h8-9,11,13H,1-7,10H2,(H,16,17)/t11-/m0/s1. The molecule has 0 aromatic carbocycles. The van der Waals surface area contributed by atoms with Gasteiger partial charge in [-0.3, -0.25) is 5.10 Å². The lowest BCUT2D eigenvalue weighted by molar-refractivity contribution is 0.193. The van der Waals surface area contributed by atoms with E-state index in [0.717, 1.165) is 36.8 Å². The maximum absolute atomic E-state index is 5.49. The van der Waals surface area contributed by atoms with E-state index in [1.54, 1.807) is 0 Å². The first-order valence-corrected chi connectivity index (χ1v) is 7.95. The Morgan fingerprint density at radius 3 is 2.81 bits per heavy atom. The van der Waals surface area contributed by atoms with Crippen LogP contribution in [0.25, 0.3) is 11.4 Å². The van der Waals surface area contributed by atoms with Gasteiger partial charge in [0, 0.05) is 18.7 Å². The minimum atomic E-state index is 0.348. The van der Waals surface area contributed by atoms with E-state index in [0.29, 0.717) is 12.0 Å². The van der Waals surface area contributed by atoms with Crippen LogP contribution in [0.5, 0.6) is 0 Å². The molecule has 0 spiro atoms. The van der Waals surface area contributed by atoms with Crippen molar-refractivity contribution in [3.8, 4) is 11.4 Å². The van der Waals surface area contributed by atoms with Crippen molar-refractivity contribution in [1.82, 2.24) is 25.0 Å². The topological polar surface area (TPSA) is 68.6 Å². The maximum Gasteiger partial charge on any atom is 0.161 e. The third-order valence-corrected chi connectivity index (χ3v) is 4.62. The molecule has 2 fully saturated rings. The number of rotatable bonds is 3. The van der Waals surface area contributed by atoms with E-state index >= 15 is 0 Å². The lowest BCUT2D eigenvalue weighted by atomic mass is 9.95. The predicted molar refractivity (Wildman–Crippen MR) is 77.9 cm³/mol. The van der Waals surface area contributed by atoms with Gasteiger partial charge >= 0.3 is 0 Å². The normalized spacial score (nSPS) is 23.7. The molecule has 6 nitrogen and oxygen atoms in total. The molecule has 0 amide bonds. The Bertz CT molecular complexity index is 579. The Kier molecular flexibility index (Phi) is 3.47. The fourth-order valence-electron chi connectivity index (χ4n) is 3.40. The van der Waals surface area contributed by atoms with Crippen molar-refractivity contribution in [2.45, 2.75) is 50.5 Å². The molecule has 21 heavy (non-hydrogen) atoms. The Labute approximate surface area is 123 Å². The van der Waals surface area contributed by atoms with Gasteiger partial charge in [-0.1, -0.05) is 19.3 Å². The minimum Gasteiger partial charge on any atom is -0.381 e. The maximum atomic E-state index is 5.49. The first-order valence-electron chi connectivity index (χ1n) is 7.95. The fourth-order valence-corrected chi connectivity index (χ4v) is 3.40. The van der Waals surface area contributed by atoms with Gasteiger partial charge in [-0.2, -0.15) is 10.2 Å². The molecule has 3 heterocycles. The molecule has 2 aliphatic rings. The van der Waals surface area contributed by atoms with Crippen molar-refractivity contribution in [3.63, 3.8) is 0 Å². The highest BCUT2D eigenvalue weighted by Gasteiger charge is 2.27. The molecule has 0 unspecified atom stereocenters. The molecule has 1 saturated carbocycles. The zero-order valence-corrected chi connectivity index (χ0v) is 12.2. The van der Waals surface area contributed by atoms with Crippen LogP contribution in [0.2, 0.25) is 0 Å². The van der Waals surface area contributed by atoms with Crippen LogP contribution in [0.15, 0.2) is 12.4 Å². The molecule has 1 aliphatic heterocycles. The number of aromatic nitrogens is 5. The van der Waals surface area contributed by atoms with Gasteiger partial charge in [0.25, 0.3) is 0 Å². The molecule has 0 radical (unpaired) electrons. The van der Waals surface area contributed by atoms with Crippen LogP contribution in [-0.2, 0) is 4.74 Å². The van der Waals surface area contributed by atoms with Gasteiger partial charge in [0.1, 0.15) is 0 Å². The van der Waals surface area contributed by atoms with E-state index in [2.05, 4.69) is 14.9 Å². The van der Waals surface area contributed by atoms with Gasteiger partial charge in [-0.25, -0.2) is 9.67 Å². The largest absolute Gasteiger partial charge is 0.381 e. The van der Waals surface area contributed by atoms with E-state index in [4.69, 9.17) is 14.8 Å². The van der Waals surface area contributed by atoms with Crippen LogP contribution in [-0.4, -0.2) is 38.2 Å². The number of nitrogens with one attached hydrogen (secondary N) is 1. The lowest BCUT2D eigenvalue weighted by Gasteiger charge is -2.22. The summed E-state index contributed by atoms with van der Waals surface area (Å²) in [4.78, 5) is 4.82. The van der Waals surface area contributed by atoms with E-state index < -0.39 is 0 Å². The molecule has 2 aromatic heterocycles. The minimum absolute atomic E-state index is 0.348. The van der Waals surface area contributed by atoms with E-state index in [-0.39, 0.29) is 0 Å². The van der Waals surface area contributed by atoms with Crippen LogP contribution < -0.4 is 0 Å². The molecule has 2 aromatic rings. The highest BCUT2D eigenvalue weighted by molar-refractivity contribution is 5.52. The third-order valence-electron chi connectivity index (χ3n) is 4.62. The van der Waals surface area contributed by atoms with Gasteiger partial charge in [-0.05, 0) is 19.3 Å². The van der Waals surface area contributed by atoms with Crippen molar-refractivity contribution in [3.05, 3.63) is 18.2 Å². The summed E-state index contributed by atoms with van der Waals surface area (Å²) < 4.78 is 7.64. The van der Waals surface area contributed by atoms with Crippen LogP contribution in [0.3, 0.4) is 0 Å². The Morgan fingerprint density at radius 1 is 1.19 bits per heavy atom. The highest BCUT2D eigenvalue weighted by Crippen LogP contribution is 2.33. The smallest absolute Gasteiger partial charge is 0.161 e. The van der Waals surface area contributed by atoms with Crippen LogP contribution in [0.1, 0.15) is 56.3 Å². The second-order valence-corrected chi connectivity index (χ2v) is 6.08. The van der Waals surface area contributed by atoms with E-state index in [1.807, 2.05) is 12.4 Å². The second-order valence-electron chi connectivity index (χ2n) is 6.08. The van der Waals surface area contributed by atoms with Crippen LogP contribution in [0.4, 0.5) is 0 Å². The summed E-state index contributed by atoms with van der Waals surface area (Å²) in [5, 5.41) is 11.8. The van der Waals surface area contributed by atoms with Crippen molar-refractivity contribution in [2.24, 2.45) is 0 Å². The molecule has 4 rings (SSSR count). The molecule has 1 aliphatic carbocycles. The second kappa shape index (κ2) is 5.60. The molecule has 1 saturated heterocycles. The van der Waals surface area contributed by atoms with Crippen molar-refractivity contribution in [2.75, 3.05) is 13.2 Å². The summed E-state index contributed by atoms with van der Waals surface area (Å²) in [6, 6.07) is 0.479. The first kappa shape index (κ1) is 13.0. The zero-order valence-electron chi connectivity index (χ0n) is 12.2.